The van der Waals surface area contributed by atoms with Crippen molar-refractivity contribution < 1.29 is 4.39 Å². The molecule has 1 fully saturated rings. The lowest BCUT2D eigenvalue weighted by molar-refractivity contribution is 0.103. The summed E-state index contributed by atoms with van der Waals surface area (Å²) in [4.78, 5) is 8.85. The Morgan fingerprint density at radius 3 is 2.89 bits per heavy atom. The fourth-order valence-electron chi connectivity index (χ4n) is 2.40. The molecule has 0 spiro atoms. The molecule has 1 saturated heterocycles. The average Bonchev–Trinajstić information content (AvgIpc) is 2.40. The topological polar surface area (TPSA) is 45.4 Å². The predicted molar refractivity (Wildman–Crippen MR) is 74.3 cm³/mol. The molecule has 19 heavy (non-hydrogen) atoms. The first-order valence-electron chi connectivity index (χ1n) is 6.86. The quantitative estimate of drug-likeness (QED) is 0.891. The average molecular weight is 266 g/mol. The second-order valence-corrected chi connectivity index (χ2v) is 5.43. The summed E-state index contributed by atoms with van der Waals surface area (Å²) in [6, 6.07) is 3.57. The van der Waals surface area contributed by atoms with Gasteiger partial charge in [-0.1, -0.05) is 0 Å². The summed E-state index contributed by atoms with van der Waals surface area (Å²) < 4.78 is 12.8. The lowest BCUT2D eigenvalue weighted by Crippen LogP contribution is -2.50. The number of hydrogen-bond acceptors (Lipinski definition) is 4. The summed E-state index contributed by atoms with van der Waals surface area (Å²) in [5.74, 6) is -0.316. The first-order chi connectivity index (χ1) is 9.06. The van der Waals surface area contributed by atoms with Gasteiger partial charge in [0.05, 0.1) is 11.9 Å². The van der Waals surface area contributed by atoms with Gasteiger partial charge in [-0.25, -0.2) is 4.39 Å². The lowest BCUT2D eigenvalue weighted by atomic mass is 10.1. The van der Waals surface area contributed by atoms with Gasteiger partial charge >= 0.3 is 0 Å². The number of pyridine rings is 1. The molecule has 1 aliphatic heterocycles. The van der Waals surface area contributed by atoms with E-state index in [1.807, 2.05) is 0 Å². The van der Waals surface area contributed by atoms with Gasteiger partial charge in [0, 0.05) is 38.3 Å². The van der Waals surface area contributed by atoms with Crippen molar-refractivity contribution in [2.45, 2.75) is 25.4 Å². The largest absolute Gasteiger partial charge is 0.323 e. The maximum Gasteiger partial charge on any atom is 0.141 e. The molecule has 2 atom stereocenters. The number of hydrogen-bond donors (Lipinski definition) is 1. The molecule has 1 aliphatic rings. The molecule has 0 bridgehead atoms. The first kappa shape index (κ1) is 14.4. The van der Waals surface area contributed by atoms with E-state index in [9.17, 15) is 4.39 Å². The lowest BCUT2D eigenvalue weighted by Gasteiger charge is -2.38. The molecule has 2 rings (SSSR count). The minimum Gasteiger partial charge on any atom is -0.323 e. The molecule has 2 unspecified atom stereocenters. The monoisotopic (exact) mass is 266 g/mol. The van der Waals surface area contributed by atoms with E-state index in [4.69, 9.17) is 5.73 Å². The second-order valence-electron chi connectivity index (χ2n) is 5.43. The van der Waals surface area contributed by atoms with E-state index in [1.54, 1.807) is 6.07 Å². The van der Waals surface area contributed by atoms with Gasteiger partial charge in [0.2, 0.25) is 0 Å². The molecule has 5 heteroatoms. The van der Waals surface area contributed by atoms with E-state index in [2.05, 4.69) is 28.8 Å². The van der Waals surface area contributed by atoms with Crippen LogP contribution in [-0.2, 0) is 0 Å². The minimum atomic E-state index is -0.316. The maximum absolute atomic E-state index is 12.8. The van der Waals surface area contributed by atoms with Crippen LogP contribution in [0.15, 0.2) is 18.3 Å². The molecule has 1 aromatic heterocycles. The van der Waals surface area contributed by atoms with E-state index in [-0.39, 0.29) is 11.9 Å². The molecule has 0 aromatic carbocycles. The van der Waals surface area contributed by atoms with Crippen LogP contribution < -0.4 is 5.73 Å². The Labute approximate surface area is 114 Å². The smallest absolute Gasteiger partial charge is 0.141 e. The first-order valence-corrected chi connectivity index (χ1v) is 6.86. The highest BCUT2D eigenvalue weighted by atomic mass is 19.1. The summed E-state index contributed by atoms with van der Waals surface area (Å²) in [6.07, 6.45) is 2.09. The maximum atomic E-state index is 12.8. The van der Waals surface area contributed by atoms with Crippen molar-refractivity contribution in [1.82, 2.24) is 14.8 Å². The molecule has 1 aromatic rings. The van der Waals surface area contributed by atoms with Crippen molar-refractivity contribution in [2.75, 3.05) is 33.2 Å². The Balaban J connectivity index is 1.80. The van der Waals surface area contributed by atoms with Crippen LogP contribution in [0.4, 0.5) is 4.39 Å². The van der Waals surface area contributed by atoms with Gasteiger partial charge in [0.1, 0.15) is 5.82 Å². The van der Waals surface area contributed by atoms with Crippen LogP contribution in [0, 0.1) is 5.82 Å². The third-order valence-corrected chi connectivity index (χ3v) is 3.93. The van der Waals surface area contributed by atoms with Gasteiger partial charge in [-0.3, -0.25) is 4.98 Å². The zero-order valence-electron chi connectivity index (χ0n) is 11.7. The highest BCUT2D eigenvalue weighted by Crippen LogP contribution is 2.14. The Kier molecular flexibility index (Phi) is 4.85. The zero-order chi connectivity index (χ0) is 13.8. The van der Waals surface area contributed by atoms with E-state index in [0.717, 1.165) is 38.3 Å². The van der Waals surface area contributed by atoms with Crippen LogP contribution in [-0.4, -0.2) is 54.1 Å². The summed E-state index contributed by atoms with van der Waals surface area (Å²) in [6.45, 7) is 6.49. The molecule has 106 valence electrons. The van der Waals surface area contributed by atoms with Crippen molar-refractivity contribution >= 4 is 0 Å². The SMILES string of the molecule is CC1CN(CCC(N)c2ccc(F)cn2)CCN1C. The van der Waals surface area contributed by atoms with Crippen molar-refractivity contribution in [3.8, 4) is 0 Å². The third-order valence-electron chi connectivity index (χ3n) is 3.93. The van der Waals surface area contributed by atoms with Crippen LogP contribution >= 0.6 is 0 Å². The highest BCUT2D eigenvalue weighted by Gasteiger charge is 2.21. The highest BCUT2D eigenvalue weighted by molar-refractivity contribution is 5.09. The van der Waals surface area contributed by atoms with Gasteiger partial charge in [-0.05, 0) is 32.5 Å². The van der Waals surface area contributed by atoms with E-state index in [1.165, 1.54) is 12.3 Å². The number of nitrogens with two attached hydrogens (primary N) is 1. The van der Waals surface area contributed by atoms with Gasteiger partial charge in [0.25, 0.3) is 0 Å². The Bertz CT molecular complexity index is 395. The number of likely N-dealkylation sites (N-methyl/N-ethyl adjacent to an activating group) is 1. The summed E-state index contributed by atoms with van der Waals surface area (Å²) in [5, 5.41) is 0. The van der Waals surface area contributed by atoms with Crippen LogP contribution in [0.25, 0.3) is 0 Å². The minimum absolute atomic E-state index is 0.115. The van der Waals surface area contributed by atoms with Gasteiger partial charge in [0.15, 0.2) is 0 Å². The fraction of sp³-hybridized carbons (Fsp3) is 0.643. The van der Waals surface area contributed by atoms with Crippen LogP contribution in [0.5, 0.6) is 0 Å². The molecule has 2 heterocycles. The Hall–Kier alpha value is -1.04. The van der Waals surface area contributed by atoms with Crippen LogP contribution in [0.1, 0.15) is 25.1 Å². The zero-order valence-corrected chi connectivity index (χ0v) is 11.7. The summed E-state index contributed by atoms with van der Waals surface area (Å²) in [5.41, 5.74) is 6.87. The molecule has 0 amide bonds. The van der Waals surface area contributed by atoms with Crippen LogP contribution in [0.3, 0.4) is 0 Å². The molecular formula is C14H23FN4. The molecule has 0 saturated carbocycles. The molecule has 4 nitrogen and oxygen atoms in total. The van der Waals surface area contributed by atoms with Crippen molar-refractivity contribution in [1.29, 1.82) is 0 Å². The van der Waals surface area contributed by atoms with Crippen molar-refractivity contribution in [2.24, 2.45) is 5.73 Å². The number of piperazine rings is 1. The van der Waals surface area contributed by atoms with Gasteiger partial charge in [-0.2, -0.15) is 0 Å². The molecule has 0 aliphatic carbocycles. The van der Waals surface area contributed by atoms with Gasteiger partial charge in [-0.15, -0.1) is 0 Å². The van der Waals surface area contributed by atoms with Crippen molar-refractivity contribution in [3.05, 3.63) is 29.8 Å². The van der Waals surface area contributed by atoms with E-state index < -0.39 is 0 Å². The third kappa shape index (κ3) is 3.96. The van der Waals surface area contributed by atoms with Crippen molar-refractivity contribution in [3.63, 3.8) is 0 Å². The fourth-order valence-corrected chi connectivity index (χ4v) is 2.40. The number of rotatable bonds is 4. The second kappa shape index (κ2) is 6.41. The molecule has 2 N–H and O–H groups in total. The summed E-state index contributed by atoms with van der Waals surface area (Å²) in [7, 11) is 2.16. The van der Waals surface area contributed by atoms with Gasteiger partial charge < -0.3 is 15.5 Å². The molecular weight excluding hydrogens is 243 g/mol. The number of nitrogens with zero attached hydrogens (tertiary/aromatic N) is 3. The summed E-state index contributed by atoms with van der Waals surface area (Å²) >= 11 is 0. The normalized spacial score (nSPS) is 23.5. The molecule has 0 radical (unpaired) electrons. The van der Waals surface area contributed by atoms with Crippen LogP contribution in [0.2, 0.25) is 0 Å². The number of halogens is 1. The Morgan fingerprint density at radius 2 is 2.26 bits per heavy atom. The predicted octanol–water partition coefficient (Wildman–Crippen LogP) is 1.25. The Morgan fingerprint density at radius 1 is 1.47 bits per heavy atom. The van der Waals surface area contributed by atoms with E-state index >= 15 is 0 Å². The van der Waals surface area contributed by atoms with E-state index in [0.29, 0.717) is 6.04 Å². The number of aromatic nitrogens is 1. The standard InChI is InChI=1S/C14H23FN4/c1-11-10-19(8-7-18(11)2)6-5-13(16)14-4-3-12(15)9-17-14/h3-4,9,11,13H,5-8,10,16H2,1-2H3.